The van der Waals surface area contributed by atoms with E-state index in [0.29, 0.717) is 21.6 Å². The summed E-state index contributed by atoms with van der Waals surface area (Å²) >= 11 is 1.03. The number of H-pyrrole nitrogens is 1. The number of aryl methyl sites for hydroxylation is 2. The van der Waals surface area contributed by atoms with Gasteiger partial charge < -0.3 is 15.0 Å². The number of fused-ring (bicyclic) bond motifs is 1. The van der Waals surface area contributed by atoms with Gasteiger partial charge in [0.05, 0.1) is 5.39 Å². The number of rotatable bonds is 4. The molecule has 2 aromatic rings. The number of carbonyl (C=O) groups is 3. The SMILES string of the molecule is Cc1nc2sc(C(=O)OCC(=O)NC(=O)NC3CC3)c(C)c2c(=O)[nH]1. The van der Waals surface area contributed by atoms with Gasteiger partial charge in [0.2, 0.25) is 0 Å². The fraction of sp³-hybridized carbons (Fsp3) is 0.400. The number of amides is 3. The predicted molar refractivity (Wildman–Crippen MR) is 89.7 cm³/mol. The van der Waals surface area contributed by atoms with E-state index in [1.54, 1.807) is 13.8 Å². The van der Waals surface area contributed by atoms with Crippen molar-refractivity contribution in [2.24, 2.45) is 0 Å². The van der Waals surface area contributed by atoms with Gasteiger partial charge >= 0.3 is 12.0 Å². The quantitative estimate of drug-likeness (QED) is 0.686. The van der Waals surface area contributed by atoms with Crippen molar-refractivity contribution in [1.82, 2.24) is 20.6 Å². The highest BCUT2D eigenvalue weighted by Gasteiger charge is 2.24. The minimum absolute atomic E-state index is 0.116. The third-order valence-electron chi connectivity index (χ3n) is 3.60. The van der Waals surface area contributed by atoms with Crippen LogP contribution in [0.15, 0.2) is 4.79 Å². The van der Waals surface area contributed by atoms with Gasteiger partial charge in [-0.25, -0.2) is 14.6 Å². The van der Waals surface area contributed by atoms with Crippen LogP contribution in [0.5, 0.6) is 0 Å². The van der Waals surface area contributed by atoms with Crippen LogP contribution >= 0.6 is 11.3 Å². The third kappa shape index (κ3) is 3.85. The Morgan fingerprint density at radius 2 is 2.04 bits per heavy atom. The summed E-state index contributed by atoms with van der Waals surface area (Å²) in [6.07, 6.45) is 1.79. The number of aromatic amines is 1. The van der Waals surface area contributed by atoms with Crippen molar-refractivity contribution < 1.29 is 19.1 Å². The molecule has 0 spiro atoms. The number of thiophene rings is 1. The molecule has 1 aliphatic rings. The van der Waals surface area contributed by atoms with E-state index in [0.717, 1.165) is 24.2 Å². The van der Waals surface area contributed by atoms with E-state index in [1.165, 1.54) is 0 Å². The summed E-state index contributed by atoms with van der Waals surface area (Å²) in [5.74, 6) is -1.02. The maximum Gasteiger partial charge on any atom is 0.349 e. The molecule has 3 rings (SSSR count). The standard InChI is InChI=1S/C15H16N4O5S/c1-6-10-12(21)16-7(2)17-13(10)25-11(6)14(22)24-5-9(20)19-15(23)18-8-3-4-8/h8H,3-5H2,1-2H3,(H,16,17,21)(H2,18,19,20,23). The highest BCUT2D eigenvalue weighted by Crippen LogP contribution is 2.27. The van der Waals surface area contributed by atoms with E-state index in [2.05, 4.69) is 20.6 Å². The van der Waals surface area contributed by atoms with Gasteiger partial charge in [-0.05, 0) is 32.3 Å². The zero-order valence-electron chi connectivity index (χ0n) is 13.6. The van der Waals surface area contributed by atoms with Gasteiger partial charge in [0.15, 0.2) is 6.61 Å². The van der Waals surface area contributed by atoms with Crippen molar-refractivity contribution in [2.75, 3.05) is 6.61 Å². The Bertz CT molecular complexity index is 928. The number of carbonyl (C=O) groups excluding carboxylic acids is 3. The lowest BCUT2D eigenvalue weighted by Gasteiger charge is -2.06. The maximum absolute atomic E-state index is 12.2. The van der Waals surface area contributed by atoms with E-state index >= 15 is 0 Å². The zero-order valence-corrected chi connectivity index (χ0v) is 14.4. The summed E-state index contributed by atoms with van der Waals surface area (Å²) in [4.78, 5) is 54.6. The molecule has 1 aliphatic carbocycles. The summed E-state index contributed by atoms with van der Waals surface area (Å²) in [7, 11) is 0. The van der Waals surface area contributed by atoms with Crippen LogP contribution < -0.4 is 16.2 Å². The molecule has 9 nitrogen and oxygen atoms in total. The largest absolute Gasteiger partial charge is 0.451 e. The molecule has 10 heteroatoms. The fourth-order valence-corrected chi connectivity index (χ4v) is 3.38. The molecule has 3 amide bonds. The molecule has 132 valence electrons. The van der Waals surface area contributed by atoms with E-state index < -0.39 is 24.5 Å². The number of hydrogen-bond acceptors (Lipinski definition) is 7. The molecule has 25 heavy (non-hydrogen) atoms. The second-order valence-corrected chi connectivity index (χ2v) is 6.76. The van der Waals surface area contributed by atoms with Crippen LogP contribution in [-0.2, 0) is 9.53 Å². The zero-order chi connectivity index (χ0) is 18.1. The molecule has 1 fully saturated rings. The number of hydrogen-bond donors (Lipinski definition) is 3. The number of nitrogens with zero attached hydrogens (tertiary/aromatic N) is 1. The fourth-order valence-electron chi connectivity index (χ4n) is 2.25. The topological polar surface area (TPSA) is 130 Å². The Hall–Kier alpha value is -2.75. The van der Waals surface area contributed by atoms with Crippen molar-refractivity contribution in [1.29, 1.82) is 0 Å². The van der Waals surface area contributed by atoms with Gasteiger partial charge in [-0.3, -0.25) is 14.9 Å². The summed E-state index contributed by atoms with van der Waals surface area (Å²) in [6.45, 7) is 2.67. The molecule has 0 aromatic carbocycles. The highest BCUT2D eigenvalue weighted by molar-refractivity contribution is 7.20. The lowest BCUT2D eigenvalue weighted by Crippen LogP contribution is -2.42. The number of nitrogens with one attached hydrogen (secondary N) is 3. The van der Waals surface area contributed by atoms with E-state index in [-0.39, 0.29) is 16.5 Å². The minimum Gasteiger partial charge on any atom is -0.451 e. The first-order valence-electron chi connectivity index (χ1n) is 7.62. The average molecular weight is 364 g/mol. The molecular formula is C15H16N4O5S. The lowest BCUT2D eigenvalue weighted by atomic mass is 10.2. The predicted octanol–water partition coefficient (Wildman–Crippen LogP) is 0.746. The maximum atomic E-state index is 12.2. The minimum atomic E-state index is -0.740. The van der Waals surface area contributed by atoms with Gasteiger partial charge in [0, 0.05) is 6.04 Å². The Balaban J connectivity index is 1.65. The second kappa shape index (κ2) is 6.63. The van der Waals surface area contributed by atoms with Crippen LogP contribution in [0.2, 0.25) is 0 Å². The molecule has 1 saturated carbocycles. The molecular weight excluding hydrogens is 348 g/mol. The van der Waals surface area contributed by atoms with Gasteiger partial charge in [-0.15, -0.1) is 11.3 Å². The second-order valence-electron chi connectivity index (χ2n) is 5.76. The molecule has 0 bridgehead atoms. The molecule has 2 heterocycles. The van der Waals surface area contributed by atoms with Crippen LogP contribution in [0.25, 0.3) is 10.2 Å². The van der Waals surface area contributed by atoms with Crippen LogP contribution in [0.3, 0.4) is 0 Å². The molecule has 0 aliphatic heterocycles. The average Bonchev–Trinajstić information content (AvgIpc) is 3.26. The normalized spacial score (nSPS) is 13.5. The van der Waals surface area contributed by atoms with Crippen LogP contribution in [0.4, 0.5) is 4.79 Å². The molecule has 0 saturated heterocycles. The van der Waals surface area contributed by atoms with Gasteiger partial charge in [0.1, 0.15) is 15.5 Å². The molecule has 0 unspecified atom stereocenters. The first kappa shape index (κ1) is 17.1. The van der Waals surface area contributed by atoms with Crippen molar-refractivity contribution >= 4 is 39.5 Å². The Morgan fingerprint density at radius 1 is 1.32 bits per heavy atom. The summed E-state index contributed by atoms with van der Waals surface area (Å²) in [6, 6.07) is -0.488. The van der Waals surface area contributed by atoms with Crippen LogP contribution in [-0.4, -0.2) is 40.5 Å². The molecule has 2 aromatic heterocycles. The van der Waals surface area contributed by atoms with Crippen LogP contribution in [0.1, 0.15) is 33.9 Å². The molecule has 0 atom stereocenters. The number of esters is 1. The lowest BCUT2D eigenvalue weighted by molar-refractivity contribution is -0.123. The van der Waals surface area contributed by atoms with Gasteiger partial charge in [-0.1, -0.05) is 0 Å². The van der Waals surface area contributed by atoms with Crippen molar-refractivity contribution in [3.8, 4) is 0 Å². The molecule has 3 N–H and O–H groups in total. The summed E-state index contributed by atoms with van der Waals surface area (Å²) < 4.78 is 4.93. The van der Waals surface area contributed by atoms with Crippen molar-refractivity contribution in [2.45, 2.75) is 32.7 Å². The van der Waals surface area contributed by atoms with Gasteiger partial charge in [-0.2, -0.15) is 0 Å². The smallest absolute Gasteiger partial charge is 0.349 e. The van der Waals surface area contributed by atoms with E-state index in [4.69, 9.17) is 4.74 Å². The summed E-state index contributed by atoms with van der Waals surface area (Å²) in [5.41, 5.74) is 0.121. The van der Waals surface area contributed by atoms with E-state index in [1.807, 2.05) is 0 Å². The first-order chi connectivity index (χ1) is 11.8. The van der Waals surface area contributed by atoms with E-state index in [9.17, 15) is 19.2 Å². The Morgan fingerprint density at radius 3 is 2.72 bits per heavy atom. The Labute approximate surface area is 145 Å². The number of aromatic nitrogens is 2. The monoisotopic (exact) mass is 364 g/mol. The highest BCUT2D eigenvalue weighted by atomic mass is 32.1. The van der Waals surface area contributed by atoms with Gasteiger partial charge in [0.25, 0.3) is 11.5 Å². The third-order valence-corrected chi connectivity index (χ3v) is 4.77. The first-order valence-corrected chi connectivity index (χ1v) is 8.44. The number of ether oxygens (including phenoxy) is 1. The number of urea groups is 1. The van der Waals surface area contributed by atoms with Crippen LogP contribution in [0, 0.1) is 13.8 Å². The summed E-state index contributed by atoms with van der Waals surface area (Å²) in [5, 5.41) is 5.00. The van der Waals surface area contributed by atoms with Crippen molar-refractivity contribution in [3.63, 3.8) is 0 Å². The van der Waals surface area contributed by atoms with Crippen molar-refractivity contribution in [3.05, 3.63) is 26.6 Å². The molecule has 0 radical (unpaired) electrons. The number of imide groups is 1. The Kier molecular flexibility index (Phi) is 4.53.